The van der Waals surface area contributed by atoms with E-state index in [4.69, 9.17) is 4.74 Å². The summed E-state index contributed by atoms with van der Waals surface area (Å²) in [5, 5.41) is 4.80. The van der Waals surface area contributed by atoms with Crippen molar-refractivity contribution >= 4 is 11.8 Å². The quantitative estimate of drug-likeness (QED) is 0.788. The summed E-state index contributed by atoms with van der Waals surface area (Å²) in [5.74, 6) is -1.42. The molecule has 1 aromatic carbocycles. The molecule has 4 atom stereocenters. The van der Waals surface area contributed by atoms with Crippen molar-refractivity contribution in [1.82, 2.24) is 10.6 Å². The average Bonchev–Trinajstić information content (AvgIpc) is 2.59. The van der Waals surface area contributed by atoms with Crippen LogP contribution in [0.25, 0.3) is 0 Å². The topological polar surface area (TPSA) is 67.4 Å². The first-order valence-electron chi connectivity index (χ1n) is 9.03. The number of carbonyl (C=O) groups is 2. The predicted molar refractivity (Wildman–Crippen MR) is 92.1 cm³/mol. The Labute approximate surface area is 155 Å². The molecule has 5 nitrogen and oxygen atoms in total. The highest BCUT2D eigenvalue weighted by molar-refractivity contribution is 6.01. The Kier molecular flexibility index (Phi) is 5.35. The van der Waals surface area contributed by atoms with E-state index in [1.54, 1.807) is 7.11 Å². The number of rotatable bonds is 3. The third-order valence-electron chi connectivity index (χ3n) is 5.34. The van der Waals surface area contributed by atoms with Crippen LogP contribution >= 0.6 is 0 Å². The minimum absolute atomic E-state index is 0.112. The summed E-state index contributed by atoms with van der Waals surface area (Å²) in [6.07, 6.45) is -3.32. The molecule has 1 saturated heterocycles. The highest BCUT2D eigenvalue weighted by Gasteiger charge is 2.46. The van der Waals surface area contributed by atoms with E-state index in [9.17, 15) is 22.8 Å². The first-order chi connectivity index (χ1) is 12.7. The lowest BCUT2D eigenvalue weighted by atomic mass is 9.81. The van der Waals surface area contributed by atoms with Crippen molar-refractivity contribution in [1.29, 1.82) is 0 Å². The number of hydrogen-bond donors (Lipinski definition) is 2. The Bertz CT molecular complexity index is 735. The van der Waals surface area contributed by atoms with Crippen LogP contribution in [0, 0.1) is 11.8 Å². The van der Waals surface area contributed by atoms with Gasteiger partial charge in [-0.15, -0.1) is 0 Å². The summed E-state index contributed by atoms with van der Waals surface area (Å²) in [6.45, 7) is 2.07. The number of alkyl halides is 3. The van der Waals surface area contributed by atoms with E-state index in [-0.39, 0.29) is 18.9 Å². The first kappa shape index (κ1) is 19.5. The maximum Gasteiger partial charge on any atom is 0.408 e. The van der Waals surface area contributed by atoms with Crippen molar-refractivity contribution in [2.24, 2.45) is 11.8 Å². The lowest BCUT2D eigenvalue weighted by molar-refractivity contribution is -0.171. The number of piperidine rings is 1. The molecule has 0 aromatic heterocycles. The highest BCUT2D eigenvalue weighted by Crippen LogP contribution is 2.36. The third-order valence-corrected chi connectivity index (χ3v) is 5.34. The molecular weight excluding hydrogens is 361 g/mol. The van der Waals surface area contributed by atoms with E-state index in [1.807, 2.05) is 23.5 Å². The van der Waals surface area contributed by atoms with Crippen molar-refractivity contribution in [3.8, 4) is 5.75 Å². The Balaban J connectivity index is 1.71. The smallest absolute Gasteiger partial charge is 0.408 e. The minimum atomic E-state index is -4.49. The molecule has 0 radical (unpaired) electrons. The molecule has 148 valence electrons. The number of nitrogens with one attached hydrogen (secondary N) is 2. The van der Waals surface area contributed by atoms with Gasteiger partial charge in [0.1, 0.15) is 17.7 Å². The molecular formula is C19H23F3N2O3. The maximum atomic E-state index is 12.8. The molecule has 8 heteroatoms. The SMILES string of the molecule is COc1ccc2c(c1)CC(C)CC2NC(=O)C1CCC(C(F)(F)F)NC1=O. The number of methoxy groups -OCH3 is 1. The van der Waals surface area contributed by atoms with Crippen LogP contribution in [0.4, 0.5) is 13.2 Å². The number of benzene rings is 1. The normalized spacial score (nSPS) is 28.1. The van der Waals surface area contributed by atoms with Crippen molar-refractivity contribution in [2.45, 2.75) is 50.9 Å². The molecule has 0 saturated carbocycles. The van der Waals surface area contributed by atoms with Crippen LogP contribution in [0.5, 0.6) is 5.75 Å². The van der Waals surface area contributed by atoms with E-state index in [0.717, 1.165) is 23.3 Å². The van der Waals surface area contributed by atoms with Gasteiger partial charge in [-0.05, 0) is 54.9 Å². The van der Waals surface area contributed by atoms with E-state index >= 15 is 0 Å². The van der Waals surface area contributed by atoms with Gasteiger partial charge in [-0.2, -0.15) is 13.2 Å². The molecule has 1 aromatic rings. The Hall–Kier alpha value is -2.25. The molecule has 1 aliphatic heterocycles. The summed E-state index contributed by atoms with van der Waals surface area (Å²) in [4.78, 5) is 24.6. The average molecular weight is 384 g/mol. The molecule has 1 aliphatic carbocycles. The van der Waals surface area contributed by atoms with Gasteiger partial charge in [0, 0.05) is 0 Å². The van der Waals surface area contributed by atoms with Gasteiger partial charge in [0.15, 0.2) is 0 Å². The van der Waals surface area contributed by atoms with E-state index < -0.39 is 30.0 Å². The summed E-state index contributed by atoms with van der Waals surface area (Å²) in [7, 11) is 1.59. The molecule has 2 aliphatic rings. The fourth-order valence-corrected chi connectivity index (χ4v) is 3.93. The molecule has 1 heterocycles. The van der Waals surface area contributed by atoms with Crippen molar-refractivity contribution in [2.75, 3.05) is 7.11 Å². The lowest BCUT2D eigenvalue weighted by Gasteiger charge is -2.33. The summed E-state index contributed by atoms with van der Waals surface area (Å²) in [5.41, 5.74) is 2.04. The summed E-state index contributed by atoms with van der Waals surface area (Å²) < 4.78 is 43.5. The zero-order chi connectivity index (χ0) is 19.8. The number of halogens is 3. The van der Waals surface area contributed by atoms with Crippen LogP contribution in [0.2, 0.25) is 0 Å². The summed E-state index contributed by atoms with van der Waals surface area (Å²) >= 11 is 0. The van der Waals surface area contributed by atoms with Gasteiger partial charge in [-0.1, -0.05) is 13.0 Å². The molecule has 3 rings (SSSR count). The monoisotopic (exact) mass is 384 g/mol. The van der Waals surface area contributed by atoms with Crippen LogP contribution in [-0.4, -0.2) is 31.1 Å². The van der Waals surface area contributed by atoms with Gasteiger partial charge in [0.25, 0.3) is 0 Å². The van der Waals surface area contributed by atoms with Crippen molar-refractivity contribution in [3.63, 3.8) is 0 Å². The number of hydrogen-bond acceptors (Lipinski definition) is 3. The van der Waals surface area contributed by atoms with Crippen LogP contribution in [0.3, 0.4) is 0 Å². The Morgan fingerprint density at radius 2 is 2.04 bits per heavy atom. The zero-order valence-electron chi connectivity index (χ0n) is 15.2. The van der Waals surface area contributed by atoms with E-state index in [0.29, 0.717) is 12.3 Å². The second kappa shape index (κ2) is 7.40. The molecule has 0 spiro atoms. The fourth-order valence-electron chi connectivity index (χ4n) is 3.93. The molecule has 2 N–H and O–H groups in total. The highest BCUT2D eigenvalue weighted by atomic mass is 19.4. The Morgan fingerprint density at radius 1 is 1.30 bits per heavy atom. The molecule has 2 amide bonds. The van der Waals surface area contributed by atoms with Gasteiger partial charge < -0.3 is 15.4 Å². The number of amides is 2. The second-order valence-corrected chi connectivity index (χ2v) is 7.40. The standard InChI is InChI=1S/C19H23F3N2O3/c1-10-7-11-9-12(27-2)3-4-13(11)15(8-10)23-17(25)14-5-6-16(19(20,21)22)24-18(14)26/h3-4,9-10,14-16H,5-8H2,1-2H3,(H,23,25)(H,24,26). The predicted octanol–water partition coefficient (Wildman–Crippen LogP) is 2.89. The molecule has 4 unspecified atom stereocenters. The Morgan fingerprint density at radius 3 is 2.67 bits per heavy atom. The minimum Gasteiger partial charge on any atom is -0.497 e. The first-order valence-corrected chi connectivity index (χ1v) is 9.03. The van der Waals surface area contributed by atoms with Gasteiger partial charge in [0.2, 0.25) is 11.8 Å². The van der Waals surface area contributed by atoms with E-state index in [1.165, 1.54) is 0 Å². The number of carbonyl (C=O) groups excluding carboxylic acids is 2. The van der Waals surface area contributed by atoms with Gasteiger partial charge in [-0.3, -0.25) is 9.59 Å². The molecule has 27 heavy (non-hydrogen) atoms. The van der Waals surface area contributed by atoms with Crippen molar-refractivity contribution in [3.05, 3.63) is 29.3 Å². The van der Waals surface area contributed by atoms with Gasteiger partial charge in [-0.25, -0.2) is 0 Å². The van der Waals surface area contributed by atoms with E-state index in [2.05, 4.69) is 12.2 Å². The molecule has 1 fully saturated rings. The van der Waals surface area contributed by atoms with Crippen LogP contribution < -0.4 is 15.4 Å². The van der Waals surface area contributed by atoms with Crippen LogP contribution in [0.1, 0.15) is 43.4 Å². The maximum absolute atomic E-state index is 12.8. The zero-order valence-corrected chi connectivity index (χ0v) is 15.2. The molecule has 0 bridgehead atoms. The lowest BCUT2D eigenvalue weighted by Crippen LogP contribution is -2.54. The van der Waals surface area contributed by atoms with Crippen molar-refractivity contribution < 1.29 is 27.5 Å². The fraction of sp³-hybridized carbons (Fsp3) is 0.579. The van der Waals surface area contributed by atoms with Crippen LogP contribution in [0.15, 0.2) is 18.2 Å². The largest absolute Gasteiger partial charge is 0.497 e. The summed E-state index contributed by atoms with van der Waals surface area (Å²) in [6, 6.07) is 3.50. The second-order valence-electron chi connectivity index (χ2n) is 7.40. The van der Waals surface area contributed by atoms with Gasteiger partial charge >= 0.3 is 6.18 Å². The van der Waals surface area contributed by atoms with Gasteiger partial charge in [0.05, 0.1) is 13.2 Å². The number of ether oxygens (including phenoxy) is 1. The number of fused-ring (bicyclic) bond motifs is 1. The third kappa shape index (κ3) is 4.20. The van der Waals surface area contributed by atoms with Crippen LogP contribution in [-0.2, 0) is 16.0 Å².